The second-order valence-corrected chi connectivity index (χ2v) is 5.79. The Morgan fingerprint density at radius 1 is 1.14 bits per heavy atom. The Balaban J connectivity index is 2.26. The zero-order chi connectivity index (χ0) is 15.4. The molecule has 0 aliphatic rings. The standard InChI is InChI=1S/C18H23ClN2/c1-5-20-14(3)15-8-11-18(17(19)12-15)21(4)16-9-6-13(2)7-10-16/h6-12,14,20H,5H2,1-4H3. The van der Waals surface area contributed by atoms with Crippen LogP contribution >= 0.6 is 11.6 Å². The third-order valence-corrected chi connectivity index (χ3v) is 4.07. The fraction of sp³-hybridized carbons (Fsp3) is 0.333. The average molecular weight is 303 g/mol. The molecule has 2 aromatic carbocycles. The van der Waals surface area contributed by atoms with E-state index in [1.54, 1.807) is 0 Å². The molecule has 0 saturated heterocycles. The largest absolute Gasteiger partial charge is 0.343 e. The minimum atomic E-state index is 0.311. The molecule has 0 aliphatic heterocycles. The van der Waals surface area contributed by atoms with Crippen LogP contribution in [0.5, 0.6) is 0 Å². The number of hydrogen-bond acceptors (Lipinski definition) is 2. The molecule has 0 amide bonds. The normalized spacial score (nSPS) is 12.2. The van der Waals surface area contributed by atoms with Gasteiger partial charge < -0.3 is 10.2 Å². The molecule has 0 bridgehead atoms. The van der Waals surface area contributed by atoms with Crippen LogP contribution in [0.3, 0.4) is 0 Å². The Morgan fingerprint density at radius 2 is 1.81 bits per heavy atom. The molecule has 2 nitrogen and oxygen atoms in total. The number of nitrogens with one attached hydrogen (secondary N) is 1. The maximum atomic E-state index is 6.48. The number of anilines is 2. The second-order valence-electron chi connectivity index (χ2n) is 5.38. The average Bonchev–Trinajstić information content (AvgIpc) is 2.47. The quantitative estimate of drug-likeness (QED) is 0.828. The van der Waals surface area contributed by atoms with Gasteiger partial charge in [0.1, 0.15) is 0 Å². The first-order chi connectivity index (χ1) is 10.0. The zero-order valence-corrected chi connectivity index (χ0v) is 13.9. The van der Waals surface area contributed by atoms with E-state index in [4.69, 9.17) is 11.6 Å². The van der Waals surface area contributed by atoms with E-state index in [-0.39, 0.29) is 0 Å². The van der Waals surface area contributed by atoms with Gasteiger partial charge >= 0.3 is 0 Å². The highest BCUT2D eigenvalue weighted by Gasteiger charge is 2.11. The van der Waals surface area contributed by atoms with Crippen molar-refractivity contribution < 1.29 is 0 Å². The molecule has 1 unspecified atom stereocenters. The van der Waals surface area contributed by atoms with Crippen molar-refractivity contribution in [2.75, 3.05) is 18.5 Å². The number of benzene rings is 2. The molecule has 2 rings (SSSR count). The second kappa shape index (κ2) is 6.97. The molecule has 2 aromatic rings. The SMILES string of the molecule is CCNC(C)c1ccc(N(C)c2ccc(C)cc2)c(Cl)c1. The summed E-state index contributed by atoms with van der Waals surface area (Å²) in [6.45, 7) is 7.30. The van der Waals surface area contributed by atoms with Crippen LogP contribution in [0.4, 0.5) is 11.4 Å². The van der Waals surface area contributed by atoms with Crippen molar-refractivity contribution in [1.82, 2.24) is 5.32 Å². The molecule has 1 N–H and O–H groups in total. The van der Waals surface area contributed by atoms with Crippen molar-refractivity contribution in [2.45, 2.75) is 26.8 Å². The molecule has 0 saturated carbocycles. The minimum absolute atomic E-state index is 0.311. The summed E-state index contributed by atoms with van der Waals surface area (Å²) in [5.74, 6) is 0. The number of halogens is 1. The van der Waals surface area contributed by atoms with E-state index in [1.165, 1.54) is 11.1 Å². The topological polar surface area (TPSA) is 15.3 Å². The van der Waals surface area contributed by atoms with Gasteiger partial charge in [0, 0.05) is 18.8 Å². The molecule has 0 aliphatic carbocycles. The summed E-state index contributed by atoms with van der Waals surface area (Å²) in [4.78, 5) is 2.11. The van der Waals surface area contributed by atoms with Crippen molar-refractivity contribution in [3.8, 4) is 0 Å². The molecule has 0 aromatic heterocycles. The molecule has 112 valence electrons. The van der Waals surface area contributed by atoms with Crippen LogP contribution in [0.1, 0.15) is 31.0 Å². The van der Waals surface area contributed by atoms with Gasteiger partial charge in [-0.05, 0) is 50.2 Å². The van der Waals surface area contributed by atoms with Gasteiger partial charge in [0.05, 0.1) is 10.7 Å². The van der Waals surface area contributed by atoms with Crippen molar-refractivity contribution in [1.29, 1.82) is 0 Å². The van der Waals surface area contributed by atoms with Gasteiger partial charge in [-0.25, -0.2) is 0 Å². The fourth-order valence-corrected chi connectivity index (χ4v) is 2.71. The summed E-state index contributed by atoms with van der Waals surface area (Å²) in [6, 6.07) is 15.0. The number of nitrogens with zero attached hydrogens (tertiary/aromatic N) is 1. The predicted molar refractivity (Wildman–Crippen MR) is 92.8 cm³/mol. The minimum Gasteiger partial charge on any atom is -0.343 e. The summed E-state index contributed by atoms with van der Waals surface area (Å²) >= 11 is 6.48. The lowest BCUT2D eigenvalue weighted by molar-refractivity contribution is 0.598. The van der Waals surface area contributed by atoms with E-state index in [9.17, 15) is 0 Å². The van der Waals surface area contributed by atoms with Crippen molar-refractivity contribution in [3.05, 3.63) is 58.6 Å². The maximum absolute atomic E-state index is 6.48. The first kappa shape index (κ1) is 15.9. The Bertz CT molecular complexity index is 593. The Labute approximate surface area is 132 Å². The first-order valence-electron chi connectivity index (χ1n) is 7.36. The van der Waals surface area contributed by atoms with Crippen molar-refractivity contribution in [2.24, 2.45) is 0 Å². The number of hydrogen-bond donors (Lipinski definition) is 1. The maximum Gasteiger partial charge on any atom is 0.0646 e. The van der Waals surface area contributed by atoms with Gasteiger partial charge in [0.25, 0.3) is 0 Å². The van der Waals surface area contributed by atoms with Crippen LogP contribution in [0.2, 0.25) is 5.02 Å². The molecule has 1 atom stereocenters. The summed E-state index contributed by atoms with van der Waals surface area (Å²) in [7, 11) is 2.04. The van der Waals surface area contributed by atoms with Crippen LogP contribution < -0.4 is 10.2 Å². The van der Waals surface area contributed by atoms with Gasteiger partial charge in [-0.3, -0.25) is 0 Å². The highest BCUT2D eigenvalue weighted by Crippen LogP contribution is 2.32. The van der Waals surface area contributed by atoms with Crippen LogP contribution in [0.25, 0.3) is 0 Å². The van der Waals surface area contributed by atoms with Gasteiger partial charge in [0.2, 0.25) is 0 Å². The van der Waals surface area contributed by atoms with Crippen molar-refractivity contribution >= 4 is 23.0 Å². The molecular formula is C18H23ClN2. The summed E-state index contributed by atoms with van der Waals surface area (Å²) < 4.78 is 0. The van der Waals surface area contributed by atoms with Crippen LogP contribution in [-0.2, 0) is 0 Å². The molecule has 3 heteroatoms. The zero-order valence-electron chi connectivity index (χ0n) is 13.2. The first-order valence-corrected chi connectivity index (χ1v) is 7.74. The van der Waals surface area contributed by atoms with E-state index >= 15 is 0 Å². The Hall–Kier alpha value is -1.51. The number of aryl methyl sites for hydroxylation is 1. The summed E-state index contributed by atoms with van der Waals surface area (Å²) in [6.07, 6.45) is 0. The molecule has 0 radical (unpaired) electrons. The lowest BCUT2D eigenvalue weighted by Crippen LogP contribution is -2.18. The van der Waals surface area contributed by atoms with E-state index in [0.717, 1.165) is 22.9 Å². The Morgan fingerprint density at radius 3 is 2.38 bits per heavy atom. The molecule has 0 spiro atoms. The van der Waals surface area contributed by atoms with Crippen LogP contribution in [0, 0.1) is 6.92 Å². The van der Waals surface area contributed by atoms with Gasteiger partial charge in [-0.1, -0.05) is 42.3 Å². The third kappa shape index (κ3) is 3.78. The monoisotopic (exact) mass is 302 g/mol. The summed E-state index contributed by atoms with van der Waals surface area (Å²) in [5.41, 5.74) is 4.62. The van der Waals surface area contributed by atoms with E-state index in [1.807, 2.05) is 7.05 Å². The lowest BCUT2D eigenvalue weighted by Gasteiger charge is -2.22. The molecule has 0 heterocycles. The van der Waals surface area contributed by atoms with Gasteiger partial charge in [-0.15, -0.1) is 0 Å². The van der Waals surface area contributed by atoms with Gasteiger partial charge in [-0.2, -0.15) is 0 Å². The lowest BCUT2D eigenvalue weighted by atomic mass is 10.1. The van der Waals surface area contributed by atoms with Gasteiger partial charge in [0.15, 0.2) is 0 Å². The van der Waals surface area contributed by atoms with Crippen LogP contribution in [0.15, 0.2) is 42.5 Å². The van der Waals surface area contributed by atoms with E-state index in [2.05, 4.69) is 73.5 Å². The summed E-state index contributed by atoms with van der Waals surface area (Å²) in [5, 5.41) is 4.18. The number of rotatable bonds is 5. The fourth-order valence-electron chi connectivity index (χ4n) is 2.40. The molecule has 21 heavy (non-hydrogen) atoms. The Kier molecular flexibility index (Phi) is 5.27. The van der Waals surface area contributed by atoms with E-state index in [0.29, 0.717) is 6.04 Å². The molecular weight excluding hydrogens is 280 g/mol. The predicted octanol–water partition coefficient (Wildman–Crippen LogP) is 5.09. The highest BCUT2D eigenvalue weighted by molar-refractivity contribution is 6.33. The smallest absolute Gasteiger partial charge is 0.0646 e. The highest BCUT2D eigenvalue weighted by atomic mass is 35.5. The molecule has 0 fully saturated rings. The van der Waals surface area contributed by atoms with E-state index < -0.39 is 0 Å². The third-order valence-electron chi connectivity index (χ3n) is 3.76. The van der Waals surface area contributed by atoms with Crippen LogP contribution in [-0.4, -0.2) is 13.6 Å². The van der Waals surface area contributed by atoms with Crippen molar-refractivity contribution in [3.63, 3.8) is 0 Å².